The van der Waals surface area contributed by atoms with Crippen molar-refractivity contribution in [3.05, 3.63) is 69.0 Å². The number of nitrogens with zero attached hydrogens (tertiary/aromatic N) is 2. The van der Waals surface area contributed by atoms with Gasteiger partial charge in [0.2, 0.25) is 0 Å². The van der Waals surface area contributed by atoms with E-state index in [0.29, 0.717) is 32.4 Å². The van der Waals surface area contributed by atoms with Crippen LogP contribution in [0.1, 0.15) is 21.5 Å². The van der Waals surface area contributed by atoms with E-state index >= 15 is 0 Å². The fourth-order valence-electron chi connectivity index (χ4n) is 3.07. The van der Waals surface area contributed by atoms with Crippen LogP contribution in [0.2, 0.25) is 0 Å². The average molecular weight is 427 g/mol. The van der Waals surface area contributed by atoms with E-state index in [0.717, 1.165) is 18.2 Å². The maximum Gasteiger partial charge on any atom is 0.416 e. The largest absolute Gasteiger partial charge is 0.416 e. The molecular formula is C19H17F4N3O4. The number of nitro groups is 1. The van der Waals surface area contributed by atoms with Crippen LogP contribution in [0.25, 0.3) is 0 Å². The Balaban J connectivity index is 1.83. The summed E-state index contributed by atoms with van der Waals surface area (Å²) in [7, 11) is 0. The molecule has 0 aromatic heterocycles. The van der Waals surface area contributed by atoms with E-state index in [1.54, 1.807) is 0 Å². The topological polar surface area (TPSA) is 84.7 Å². The normalized spacial score (nSPS) is 14.5. The summed E-state index contributed by atoms with van der Waals surface area (Å²) < 4.78 is 57.8. The van der Waals surface area contributed by atoms with Gasteiger partial charge in [0, 0.05) is 31.3 Å². The second-order valence-electron chi connectivity index (χ2n) is 6.55. The molecule has 1 aliphatic rings. The number of halogens is 4. The number of carbonyl (C=O) groups excluding carboxylic acids is 1. The molecule has 0 spiro atoms. The first kappa shape index (κ1) is 21.5. The quantitative estimate of drug-likeness (QED) is 0.445. The summed E-state index contributed by atoms with van der Waals surface area (Å²) in [6.45, 7) is 1.03. The van der Waals surface area contributed by atoms with Crippen LogP contribution >= 0.6 is 0 Å². The third-order valence-electron chi connectivity index (χ3n) is 4.59. The van der Waals surface area contributed by atoms with Crippen LogP contribution < -0.4 is 5.32 Å². The zero-order chi connectivity index (χ0) is 21.9. The van der Waals surface area contributed by atoms with Crippen LogP contribution in [-0.2, 0) is 17.5 Å². The first-order valence-corrected chi connectivity index (χ1v) is 8.92. The lowest BCUT2D eigenvalue weighted by molar-refractivity contribution is -0.384. The maximum atomic E-state index is 13.2. The summed E-state index contributed by atoms with van der Waals surface area (Å²) >= 11 is 0. The molecule has 0 aliphatic carbocycles. The number of hydrogen-bond acceptors (Lipinski definition) is 5. The molecule has 2 aromatic rings. The van der Waals surface area contributed by atoms with Crippen molar-refractivity contribution in [1.29, 1.82) is 0 Å². The molecule has 1 fully saturated rings. The molecule has 0 radical (unpaired) electrons. The third-order valence-corrected chi connectivity index (χ3v) is 4.59. The van der Waals surface area contributed by atoms with Gasteiger partial charge >= 0.3 is 6.18 Å². The highest BCUT2D eigenvalue weighted by Gasteiger charge is 2.33. The van der Waals surface area contributed by atoms with Gasteiger partial charge in [-0.25, -0.2) is 4.39 Å². The molecule has 1 saturated heterocycles. The standard InChI is InChI=1S/C19H17F4N3O4/c20-14-3-1-13(15(10-14)19(21,22)23)11-24-16-4-2-12(9-17(16)26(28)29)18(27)25-5-7-30-8-6-25/h1-4,9-10,24H,5-8,11H2. The molecule has 3 rings (SSSR count). The molecule has 1 amide bonds. The van der Waals surface area contributed by atoms with Crippen LogP contribution in [-0.4, -0.2) is 42.0 Å². The predicted molar refractivity (Wildman–Crippen MR) is 98.5 cm³/mol. The van der Waals surface area contributed by atoms with Gasteiger partial charge in [-0.05, 0) is 29.8 Å². The highest BCUT2D eigenvalue weighted by molar-refractivity contribution is 5.95. The van der Waals surface area contributed by atoms with E-state index in [-0.39, 0.29) is 16.8 Å². The summed E-state index contributed by atoms with van der Waals surface area (Å²) in [6.07, 6.45) is -4.78. The molecule has 1 aliphatic heterocycles. The number of alkyl halides is 3. The average Bonchev–Trinajstić information content (AvgIpc) is 2.72. The molecule has 2 aromatic carbocycles. The zero-order valence-corrected chi connectivity index (χ0v) is 15.5. The van der Waals surface area contributed by atoms with Gasteiger partial charge in [-0.3, -0.25) is 14.9 Å². The molecular weight excluding hydrogens is 410 g/mol. The van der Waals surface area contributed by atoms with E-state index in [9.17, 15) is 32.5 Å². The minimum absolute atomic E-state index is 0.0593. The smallest absolute Gasteiger partial charge is 0.378 e. The fraction of sp³-hybridized carbons (Fsp3) is 0.316. The molecule has 1 heterocycles. The van der Waals surface area contributed by atoms with Gasteiger partial charge in [-0.15, -0.1) is 0 Å². The van der Waals surface area contributed by atoms with Crippen LogP contribution in [0.5, 0.6) is 0 Å². The van der Waals surface area contributed by atoms with Crippen LogP contribution in [0.4, 0.5) is 28.9 Å². The Morgan fingerprint density at radius 1 is 1.17 bits per heavy atom. The number of amides is 1. The SMILES string of the molecule is O=C(c1ccc(NCc2ccc(F)cc2C(F)(F)F)c([N+](=O)[O-])c1)N1CCOCC1. The monoisotopic (exact) mass is 427 g/mol. The summed E-state index contributed by atoms with van der Waals surface area (Å²) in [5.41, 5.74) is -1.86. The molecule has 0 bridgehead atoms. The number of morpholine rings is 1. The molecule has 160 valence electrons. The lowest BCUT2D eigenvalue weighted by Crippen LogP contribution is -2.40. The summed E-state index contributed by atoms with van der Waals surface area (Å²) in [4.78, 5) is 24.7. The van der Waals surface area contributed by atoms with Crippen molar-refractivity contribution >= 4 is 17.3 Å². The van der Waals surface area contributed by atoms with Gasteiger partial charge in [0.15, 0.2) is 0 Å². The van der Waals surface area contributed by atoms with Crippen molar-refractivity contribution in [1.82, 2.24) is 4.90 Å². The minimum Gasteiger partial charge on any atom is -0.378 e. The van der Waals surface area contributed by atoms with Crippen LogP contribution in [0.15, 0.2) is 36.4 Å². The Bertz CT molecular complexity index is 959. The van der Waals surface area contributed by atoms with Crippen molar-refractivity contribution in [3.63, 3.8) is 0 Å². The third kappa shape index (κ3) is 4.85. The minimum atomic E-state index is -4.78. The maximum absolute atomic E-state index is 13.2. The molecule has 30 heavy (non-hydrogen) atoms. The molecule has 0 saturated carbocycles. The Morgan fingerprint density at radius 2 is 1.87 bits per heavy atom. The predicted octanol–water partition coefficient (Wildman–Crippen LogP) is 3.84. The van der Waals surface area contributed by atoms with Gasteiger partial charge in [-0.1, -0.05) is 6.07 Å². The Morgan fingerprint density at radius 3 is 2.50 bits per heavy atom. The molecule has 0 unspecified atom stereocenters. The number of ether oxygens (including phenoxy) is 1. The van der Waals surface area contributed by atoms with Crippen molar-refractivity contribution in [3.8, 4) is 0 Å². The fourth-order valence-corrected chi connectivity index (χ4v) is 3.07. The van der Waals surface area contributed by atoms with E-state index in [1.807, 2.05) is 0 Å². The highest BCUT2D eigenvalue weighted by atomic mass is 19.4. The molecule has 0 atom stereocenters. The van der Waals surface area contributed by atoms with E-state index < -0.39 is 40.6 Å². The van der Waals surface area contributed by atoms with Gasteiger partial charge in [0.1, 0.15) is 11.5 Å². The van der Waals surface area contributed by atoms with Gasteiger partial charge in [0.25, 0.3) is 11.6 Å². The highest BCUT2D eigenvalue weighted by Crippen LogP contribution is 2.34. The first-order valence-electron chi connectivity index (χ1n) is 8.92. The van der Waals surface area contributed by atoms with Gasteiger partial charge in [-0.2, -0.15) is 13.2 Å². The number of carbonyl (C=O) groups is 1. The first-order chi connectivity index (χ1) is 14.2. The number of rotatable bonds is 5. The molecule has 11 heteroatoms. The molecule has 7 nitrogen and oxygen atoms in total. The lowest BCUT2D eigenvalue weighted by Gasteiger charge is -2.26. The van der Waals surface area contributed by atoms with Crippen molar-refractivity contribution in [2.75, 3.05) is 31.6 Å². The number of benzene rings is 2. The van der Waals surface area contributed by atoms with Gasteiger partial charge in [0.05, 0.1) is 23.7 Å². The number of nitrogens with one attached hydrogen (secondary N) is 1. The summed E-state index contributed by atoms with van der Waals surface area (Å²) in [6, 6.07) is 5.92. The van der Waals surface area contributed by atoms with E-state index in [4.69, 9.17) is 4.74 Å². The Kier molecular flexibility index (Phi) is 6.20. The second-order valence-corrected chi connectivity index (χ2v) is 6.55. The van der Waals surface area contributed by atoms with E-state index in [1.165, 1.54) is 17.0 Å². The number of nitro benzene ring substituents is 1. The Labute approximate surface area is 168 Å². The number of hydrogen-bond donors (Lipinski definition) is 1. The Hall–Kier alpha value is -3.21. The van der Waals surface area contributed by atoms with Crippen LogP contribution in [0, 0.1) is 15.9 Å². The van der Waals surface area contributed by atoms with Crippen LogP contribution in [0.3, 0.4) is 0 Å². The zero-order valence-electron chi connectivity index (χ0n) is 15.5. The second kappa shape index (κ2) is 8.66. The van der Waals surface area contributed by atoms with Crippen molar-refractivity contribution in [2.45, 2.75) is 12.7 Å². The molecule has 1 N–H and O–H groups in total. The van der Waals surface area contributed by atoms with Crippen molar-refractivity contribution in [2.24, 2.45) is 0 Å². The van der Waals surface area contributed by atoms with Crippen molar-refractivity contribution < 1.29 is 32.0 Å². The van der Waals surface area contributed by atoms with Gasteiger partial charge < -0.3 is 15.0 Å². The number of anilines is 1. The summed E-state index contributed by atoms with van der Waals surface area (Å²) in [5, 5.41) is 14.0. The summed E-state index contributed by atoms with van der Waals surface area (Å²) in [5.74, 6) is -1.44. The van der Waals surface area contributed by atoms with E-state index in [2.05, 4.69) is 5.32 Å². The lowest BCUT2D eigenvalue weighted by atomic mass is 10.1.